The van der Waals surface area contributed by atoms with E-state index in [1.807, 2.05) is 0 Å². The first-order chi connectivity index (χ1) is 14.1. The number of amides is 1. The van der Waals surface area contributed by atoms with Crippen LogP contribution in [-0.4, -0.2) is 36.3 Å². The fourth-order valence-electron chi connectivity index (χ4n) is 2.60. The molecule has 0 saturated carbocycles. The molecule has 172 valence electrons. The Bertz CT molecular complexity index is 922. The molecule has 0 aliphatic rings. The highest BCUT2D eigenvalue weighted by molar-refractivity contribution is 5.88. The second kappa shape index (κ2) is 8.67. The van der Waals surface area contributed by atoms with Crippen molar-refractivity contribution in [2.24, 2.45) is 0 Å². The van der Waals surface area contributed by atoms with E-state index >= 15 is 0 Å². The van der Waals surface area contributed by atoms with Gasteiger partial charge in [0.1, 0.15) is 18.9 Å². The predicted octanol–water partition coefficient (Wildman–Crippen LogP) is 5.04. The number of nitrogens with one attached hydrogen (secondary N) is 2. The van der Waals surface area contributed by atoms with Crippen LogP contribution in [0.1, 0.15) is 18.9 Å². The standard InChI is InChI=1S/C17H15F9N4O/c1-2-14(31)29-28-13-6-11(17(24,25)26)10-5-9(3-4-12(10)27-13)30(7-15(18,19)20)8-16(21,22)23/h3-6H,2,7-8H2,1H3,(H,27,28)(H,29,31). The molecule has 1 aromatic heterocycles. The van der Waals surface area contributed by atoms with Crippen LogP contribution >= 0.6 is 0 Å². The van der Waals surface area contributed by atoms with E-state index in [1.54, 1.807) is 0 Å². The van der Waals surface area contributed by atoms with Crippen molar-refractivity contribution in [2.45, 2.75) is 31.9 Å². The third-order valence-corrected chi connectivity index (χ3v) is 3.85. The van der Waals surface area contributed by atoms with Gasteiger partial charge in [-0.3, -0.25) is 15.6 Å². The van der Waals surface area contributed by atoms with Gasteiger partial charge in [-0.2, -0.15) is 39.5 Å². The molecule has 31 heavy (non-hydrogen) atoms. The molecule has 0 aliphatic carbocycles. The van der Waals surface area contributed by atoms with Gasteiger partial charge in [0.05, 0.1) is 11.1 Å². The number of nitrogens with zero attached hydrogens (tertiary/aromatic N) is 2. The zero-order valence-corrected chi connectivity index (χ0v) is 15.6. The number of hydrogen-bond donors (Lipinski definition) is 2. The van der Waals surface area contributed by atoms with E-state index in [0.717, 1.165) is 12.1 Å². The summed E-state index contributed by atoms with van der Waals surface area (Å²) in [7, 11) is 0. The molecule has 1 amide bonds. The Balaban J connectivity index is 2.57. The van der Waals surface area contributed by atoms with Gasteiger partial charge in [0, 0.05) is 17.5 Å². The number of rotatable bonds is 6. The van der Waals surface area contributed by atoms with Crippen LogP contribution in [-0.2, 0) is 11.0 Å². The lowest BCUT2D eigenvalue weighted by atomic mass is 10.1. The number of pyridine rings is 1. The first kappa shape index (κ1) is 24.3. The highest BCUT2D eigenvalue weighted by Gasteiger charge is 2.38. The summed E-state index contributed by atoms with van der Waals surface area (Å²) in [6.45, 7) is -2.55. The highest BCUT2D eigenvalue weighted by Crippen LogP contribution is 2.38. The summed E-state index contributed by atoms with van der Waals surface area (Å²) >= 11 is 0. The Kier molecular flexibility index (Phi) is 6.81. The number of hydrazine groups is 1. The summed E-state index contributed by atoms with van der Waals surface area (Å²) in [5, 5.41) is -0.702. The van der Waals surface area contributed by atoms with E-state index in [1.165, 1.54) is 6.92 Å². The number of hydrogen-bond acceptors (Lipinski definition) is 4. The Morgan fingerprint density at radius 2 is 1.55 bits per heavy atom. The van der Waals surface area contributed by atoms with E-state index < -0.39 is 60.0 Å². The number of fused-ring (bicyclic) bond motifs is 1. The van der Waals surface area contributed by atoms with Crippen molar-refractivity contribution in [1.29, 1.82) is 0 Å². The number of carbonyl (C=O) groups excluding carboxylic acids is 1. The van der Waals surface area contributed by atoms with E-state index in [2.05, 4.69) is 15.8 Å². The third kappa shape index (κ3) is 7.07. The number of aromatic nitrogens is 1. The van der Waals surface area contributed by atoms with Crippen molar-refractivity contribution in [3.05, 3.63) is 29.8 Å². The van der Waals surface area contributed by atoms with Crippen molar-refractivity contribution in [3.8, 4) is 0 Å². The molecule has 0 atom stereocenters. The number of carbonyl (C=O) groups is 1. The van der Waals surface area contributed by atoms with Gasteiger partial charge in [-0.25, -0.2) is 4.98 Å². The first-order valence-electron chi connectivity index (χ1n) is 8.54. The summed E-state index contributed by atoms with van der Waals surface area (Å²) in [6, 6.07) is 2.73. The molecule has 2 N–H and O–H groups in total. The Labute approximate surface area is 169 Å². The molecule has 0 fully saturated rings. The average molecular weight is 462 g/mol. The van der Waals surface area contributed by atoms with Crippen molar-refractivity contribution in [2.75, 3.05) is 23.4 Å². The fourth-order valence-corrected chi connectivity index (χ4v) is 2.60. The summed E-state index contributed by atoms with van der Waals surface area (Å²) in [5.41, 5.74) is 1.85. The van der Waals surface area contributed by atoms with Gasteiger partial charge in [-0.15, -0.1) is 0 Å². The summed E-state index contributed by atoms with van der Waals surface area (Å²) in [4.78, 5) is 15.0. The lowest BCUT2D eigenvalue weighted by Crippen LogP contribution is -2.40. The number of alkyl halides is 9. The molecule has 2 aromatic rings. The van der Waals surface area contributed by atoms with Gasteiger partial charge in [0.15, 0.2) is 0 Å². The molecular formula is C17H15F9N4O. The predicted molar refractivity (Wildman–Crippen MR) is 93.1 cm³/mol. The Morgan fingerprint density at radius 3 is 2.03 bits per heavy atom. The monoisotopic (exact) mass is 462 g/mol. The van der Waals surface area contributed by atoms with Crippen molar-refractivity contribution >= 4 is 28.3 Å². The minimum absolute atomic E-state index is 0.0182. The van der Waals surface area contributed by atoms with Crippen molar-refractivity contribution < 1.29 is 44.3 Å². The lowest BCUT2D eigenvalue weighted by Gasteiger charge is -2.27. The highest BCUT2D eigenvalue weighted by atomic mass is 19.4. The second-order valence-corrected chi connectivity index (χ2v) is 6.37. The molecule has 2 rings (SSSR count). The SMILES string of the molecule is CCC(=O)NNc1cc(C(F)(F)F)c2cc(N(CC(F)(F)F)CC(F)(F)F)ccc2n1. The minimum atomic E-state index is -5.03. The van der Waals surface area contributed by atoms with Gasteiger partial charge in [0.25, 0.3) is 0 Å². The normalized spacial score (nSPS) is 12.7. The molecule has 5 nitrogen and oxygen atoms in total. The number of halogens is 9. The second-order valence-electron chi connectivity index (χ2n) is 6.37. The van der Waals surface area contributed by atoms with E-state index in [-0.39, 0.29) is 16.8 Å². The van der Waals surface area contributed by atoms with E-state index in [9.17, 15) is 44.3 Å². The summed E-state index contributed by atoms with van der Waals surface area (Å²) in [5.74, 6) is -0.974. The zero-order chi connectivity index (χ0) is 23.6. The maximum atomic E-state index is 13.5. The topological polar surface area (TPSA) is 57.3 Å². The van der Waals surface area contributed by atoms with Crippen LogP contribution in [0.4, 0.5) is 51.0 Å². The van der Waals surface area contributed by atoms with Crippen LogP contribution < -0.4 is 15.8 Å². The van der Waals surface area contributed by atoms with Crippen LogP contribution in [0.15, 0.2) is 24.3 Å². The largest absolute Gasteiger partial charge is 0.417 e. The summed E-state index contributed by atoms with van der Waals surface area (Å²) < 4.78 is 117. The molecule has 1 aromatic carbocycles. The molecule has 0 aliphatic heterocycles. The molecule has 1 heterocycles. The van der Waals surface area contributed by atoms with Crippen molar-refractivity contribution in [3.63, 3.8) is 0 Å². The van der Waals surface area contributed by atoms with E-state index in [4.69, 9.17) is 0 Å². The van der Waals surface area contributed by atoms with Crippen LogP contribution in [0.2, 0.25) is 0 Å². The van der Waals surface area contributed by atoms with Gasteiger partial charge >= 0.3 is 18.5 Å². The van der Waals surface area contributed by atoms with Crippen LogP contribution in [0, 0.1) is 0 Å². The molecule has 0 saturated heterocycles. The van der Waals surface area contributed by atoms with Crippen molar-refractivity contribution in [1.82, 2.24) is 10.4 Å². The number of anilines is 2. The smallest absolute Gasteiger partial charge is 0.353 e. The molecule has 0 bridgehead atoms. The van der Waals surface area contributed by atoms with Crippen LogP contribution in [0.25, 0.3) is 10.9 Å². The third-order valence-electron chi connectivity index (χ3n) is 3.85. The average Bonchev–Trinajstić information content (AvgIpc) is 2.61. The Hall–Kier alpha value is -2.93. The van der Waals surface area contributed by atoms with Crippen LogP contribution in [0.3, 0.4) is 0 Å². The molecule has 0 unspecified atom stereocenters. The van der Waals surface area contributed by atoms with Gasteiger partial charge in [0.2, 0.25) is 5.91 Å². The van der Waals surface area contributed by atoms with Gasteiger partial charge in [-0.05, 0) is 24.3 Å². The molecular weight excluding hydrogens is 447 g/mol. The van der Waals surface area contributed by atoms with E-state index in [0.29, 0.717) is 12.1 Å². The zero-order valence-electron chi connectivity index (χ0n) is 15.6. The van der Waals surface area contributed by atoms with Gasteiger partial charge < -0.3 is 4.90 Å². The molecule has 14 heteroatoms. The maximum Gasteiger partial charge on any atom is 0.417 e. The maximum absolute atomic E-state index is 13.5. The number of benzene rings is 1. The summed E-state index contributed by atoms with van der Waals surface area (Å²) in [6.07, 6.45) is -15.1. The quantitative estimate of drug-likeness (QED) is 0.467. The fraction of sp³-hybridized carbons (Fsp3) is 0.412. The first-order valence-corrected chi connectivity index (χ1v) is 8.54. The Morgan fingerprint density at radius 1 is 0.968 bits per heavy atom. The minimum Gasteiger partial charge on any atom is -0.353 e. The van der Waals surface area contributed by atoms with Crippen LogP contribution in [0.5, 0.6) is 0 Å². The lowest BCUT2D eigenvalue weighted by molar-refractivity contribution is -0.138. The molecule has 0 spiro atoms. The molecule has 0 radical (unpaired) electrons. The van der Waals surface area contributed by atoms with Gasteiger partial charge in [-0.1, -0.05) is 6.92 Å².